The van der Waals surface area contributed by atoms with Gasteiger partial charge < -0.3 is 4.42 Å². The maximum absolute atomic E-state index is 6.54. The predicted octanol–water partition coefficient (Wildman–Crippen LogP) is 5.89. The molecule has 0 saturated heterocycles. The van der Waals surface area contributed by atoms with Gasteiger partial charge in [-0.1, -0.05) is 55.7 Å². The van der Waals surface area contributed by atoms with Crippen molar-refractivity contribution in [2.75, 3.05) is 0 Å². The van der Waals surface area contributed by atoms with E-state index < -0.39 is 0 Å². The van der Waals surface area contributed by atoms with Crippen molar-refractivity contribution >= 4 is 0 Å². The van der Waals surface area contributed by atoms with Gasteiger partial charge in [0.05, 0.1) is 5.56 Å². The van der Waals surface area contributed by atoms with Gasteiger partial charge in [0.15, 0.2) is 5.76 Å². The van der Waals surface area contributed by atoms with Gasteiger partial charge in [-0.15, -0.1) is 4.57 Å². The van der Waals surface area contributed by atoms with Gasteiger partial charge in [-0.2, -0.15) is 0 Å². The molecule has 0 radical (unpaired) electrons. The van der Waals surface area contributed by atoms with Gasteiger partial charge in [-0.05, 0) is 31.9 Å². The lowest BCUT2D eigenvalue weighted by molar-refractivity contribution is -0.593. The highest BCUT2D eigenvalue weighted by Crippen LogP contribution is 2.36. The maximum atomic E-state index is 6.54. The Hall–Kier alpha value is -2.35. The standard InChI is InChI=1S/C23H26NO/c1-17-11-9-10-16-21(17)24-18(2)22(19-12-5-3-6-13-19)25-23(24)20-14-7-4-8-15-20/h4,7-11,14-16,19H,3,5-6,12-13H2,1-2H3/q+1. The number of hydrogen-bond acceptors (Lipinski definition) is 1. The van der Waals surface area contributed by atoms with Crippen LogP contribution in [0.15, 0.2) is 59.0 Å². The lowest BCUT2D eigenvalue weighted by Crippen LogP contribution is -2.35. The van der Waals surface area contributed by atoms with Crippen LogP contribution in [0.4, 0.5) is 0 Å². The van der Waals surface area contributed by atoms with Crippen LogP contribution in [0.3, 0.4) is 0 Å². The summed E-state index contributed by atoms with van der Waals surface area (Å²) < 4.78 is 8.86. The second-order valence-corrected chi connectivity index (χ2v) is 7.18. The summed E-state index contributed by atoms with van der Waals surface area (Å²) in [5, 5.41) is 0. The van der Waals surface area contributed by atoms with Crippen molar-refractivity contribution in [1.29, 1.82) is 0 Å². The van der Waals surface area contributed by atoms with Crippen LogP contribution in [0.1, 0.15) is 55.0 Å². The molecule has 0 N–H and O–H groups in total. The number of nitrogens with zero attached hydrogens (tertiary/aromatic N) is 1. The van der Waals surface area contributed by atoms with E-state index in [9.17, 15) is 0 Å². The molecule has 0 unspecified atom stereocenters. The van der Waals surface area contributed by atoms with Gasteiger partial charge in [0.25, 0.3) is 0 Å². The van der Waals surface area contributed by atoms with Crippen LogP contribution < -0.4 is 4.57 Å². The third kappa shape index (κ3) is 3.02. The van der Waals surface area contributed by atoms with Gasteiger partial charge in [0, 0.05) is 24.5 Å². The third-order valence-electron chi connectivity index (χ3n) is 5.45. The summed E-state index contributed by atoms with van der Waals surface area (Å²) in [4.78, 5) is 0. The molecule has 1 aliphatic rings. The Morgan fingerprint density at radius 2 is 1.52 bits per heavy atom. The second-order valence-electron chi connectivity index (χ2n) is 7.18. The fraction of sp³-hybridized carbons (Fsp3) is 0.348. The van der Waals surface area contributed by atoms with Crippen molar-refractivity contribution in [3.8, 4) is 17.1 Å². The quantitative estimate of drug-likeness (QED) is 0.547. The summed E-state index contributed by atoms with van der Waals surface area (Å²) >= 11 is 0. The fourth-order valence-electron chi connectivity index (χ4n) is 4.10. The van der Waals surface area contributed by atoms with E-state index in [1.807, 2.05) is 0 Å². The highest BCUT2D eigenvalue weighted by Gasteiger charge is 2.33. The van der Waals surface area contributed by atoms with E-state index in [0.717, 1.165) is 11.5 Å². The molecule has 1 aromatic heterocycles. The number of para-hydroxylation sites is 1. The molecule has 1 aliphatic carbocycles. The minimum absolute atomic E-state index is 0.557. The van der Waals surface area contributed by atoms with Crippen molar-refractivity contribution in [3.05, 3.63) is 71.6 Å². The Bertz CT molecular complexity index is 857. The molecule has 0 spiro atoms. The number of oxazole rings is 1. The van der Waals surface area contributed by atoms with E-state index in [1.54, 1.807) is 0 Å². The molecule has 0 aliphatic heterocycles. The van der Waals surface area contributed by atoms with E-state index in [2.05, 4.69) is 73.0 Å². The number of rotatable bonds is 3. The highest BCUT2D eigenvalue weighted by atomic mass is 16.4. The molecule has 4 rings (SSSR count). The number of hydrogen-bond donors (Lipinski definition) is 0. The zero-order chi connectivity index (χ0) is 17.2. The average molecular weight is 332 g/mol. The van der Waals surface area contributed by atoms with Crippen molar-refractivity contribution in [2.45, 2.75) is 51.9 Å². The predicted molar refractivity (Wildman–Crippen MR) is 101 cm³/mol. The lowest BCUT2D eigenvalue weighted by Gasteiger charge is -2.18. The molecule has 0 amide bonds. The Kier molecular flexibility index (Phi) is 4.44. The lowest BCUT2D eigenvalue weighted by atomic mass is 9.87. The summed E-state index contributed by atoms with van der Waals surface area (Å²) in [5.74, 6) is 2.69. The van der Waals surface area contributed by atoms with Gasteiger partial charge >= 0.3 is 5.89 Å². The first-order valence-corrected chi connectivity index (χ1v) is 9.42. The van der Waals surface area contributed by atoms with Gasteiger partial charge in [0.1, 0.15) is 0 Å². The molecule has 2 heteroatoms. The molecule has 2 nitrogen and oxygen atoms in total. The zero-order valence-corrected chi connectivity index (χ0v) is 15.2. The first kappa shape index (κ1) is 16.1. The number of benzene rings is 2. The van der Waals surface area contributed by atoms with Crippen molar-refractivity contribution in [1.82, 2.24) is 0 Å². The van der Waals surface area contributed by atoms with Crippen LogP contribution in [0, 0.1) is 13.8 Å². The minimum Gasteiger partial charge on any atom is -0.402 e. The van der Waals surface area contributed by atoms with E-state index in [-0.39, 0.29) is 0 Å². The molecule has 1 saturated carbocycles. The van der Waals surface area contributed by atoms with Crippen LogP contribution in [-0.4, -0.2) is 0 Å². The smallest absolute Gasteiger partial charge is 0.386 e. The van der Waals surface area contributed by atoms with Crippen LogP contribution in [-0.2, 0) is 0 Å². The van der Waals surface area contributed by atoms with Crippen LogP contribution >= 0.6 is 0 Å². The summed E-state index contributed by atoms with van der Waals surface area (Å²) in [6.45, 7) is 4.39. The summed E-state index contributed by atoms with van der Waals surface area (Å²) in [5.41, 5.74) is 4.87. The first-order chi connectivity index (χ1) is 12.3. The van der Waals surface area contributed by atoms with Crippen LogP contribution in [0.2, 0.25) is 0 Å². The highest BCUT2D eigenvalue weighted by molar-refractivity contribution is 5.52. The van der Waals surface area contributed by atoms with E-state index in [0.29, 0.717) is 5.92 Å². The van der Waals surface area contributed by atoms with E-state index in [4.69, 9.17) is 4.42 Å². The molecule has 3 aromatic rings. The first-order valence-electron chi connectivity index (χ1n) is 9.42. The average Bonchev–Trinajstić information content (AvgIpc) is 3.01. The van der Waals surface area contributed by atoms with Gasteiger partial charge in [-0.3, -0.25) is 0 Å². The third-order valence-corrected chi connectivity index (χ3v) is 5.45. The van der Waals surface area contributed by atoms with Gasteiger partial charge in [-0.25, -0.2) is 0 Å². The molecule has 0 bridgehead atoms. The summed E-state index contributed by atoms with van der Waals surface area (Å²) in [7, 11) is 0. The molecule has 25 heavy (non-hydrogen) atoms. The minimum atomic E-state index is 0.557. The van der Waals surface area contributed by atoms with E-state index >= 15 is 0 Å². The summed E-state index contributed by atoms with van der Waals surface area (Å²) in [6.07, 6.45) is 6.48. The topological polar surface area (TPSA) is 17.0 Å². The maximum Gasteiger partial charge on any atom is 0.386 e. The van der Waals surface area contributed by atoms with Gasteiger partial charge in [0.2, 0.25) is 11.4 Å². The van der Waals surface area contributed by atoms with Crippen LogP contribution in [0.25, 0.3) is 17.1 Å². The molecule has 1 heterocycles. The second kappa shape index (κ2) is 6.87. The molecule has 2 aromatic carbocycles. The van der Waals surface area contributed by atoms with Crippen LogP contribution in [0.5, 0.6) is 0 Å². The SMILES string of the molecule is Cc1ccccc1-[n+]1c(-c2ccccc2)oc(C2CCCCC2)c1C. The Morgan fingerprint density at radius 3 is 2.24 bits per heavy atom. The monoisotopic (exact) mass is 332 g/mol. The number of aromatic nitrogens is 1. The molecule has 1 fully saturated rings. The molecule has 128 valence electrons. The molecule has 0 atom stereocenters. The fourth-order valence-corrected chi connectivity index (χ4v) is 4.10. The Labute approximate surface area is 150 Å². The molecular formula is C23H26NO+. The van der Waals surface area contributed by atoms with E-state index in [1.165, 1.54) is 54.8 Å². The molecular weight excluding hydrogens is 306 g/mol. The summed E-state index contributed by atoms with van der Waals surface area (Å²) in [6, 6.07) is 19.1. The Morgan fingerprint density at radius 1 is 0.840 bits per heavy atom. The Balaban J connectivity index is 1.91. The van der Waals surface area contributed by atoms with Crippen molar-refractivity contribution in [3.63, 3.8) is 0 Å². The largest absolute Gasteiger partial charge is 0.402 e. The van der Waals surface area contributed by atoms with Crippen molar-refractivity contribution in [2.24, 2.45) is 0 Å². The zero-order valence-electron chi connectivity index (χ0n) is 15.2. The normalized spacial score (nSPS) is 15.4. The van der Waals surface area contributed by atoms with Crippen molar-refractivity contribution < 1.29 is 8.98 Å². The number of aryl methyl sites for hydroxylation is 1.